The van der Waals surface area contributed by atoms with Crippen LogP contribution in [-0.4, -0.2) is 47.0 Å². The van der Waals surface area contributed by atoms with Crippen molar-refractivity contribution < 1.29 is 4.79 Å². The van der Waals surface area contributed by atoms with E-state index in [-0.39, 0.29) is 11.9 Å². The standard InChI is InChI=1S/C19H22N6O/c20-18(26)10-9-15-13-24(14-5-2-1-3-6-14)11-12-25(15)17-8-4-7-16-19(17)22-23-21-16/h1-8,15H,9-13H2,(H2,20,26)(H,21,22,23). The molecule has 2 heterocycles. The third kappa shape index (κ3) is 3.20. The van der Waals surface area contributed by atoms with Crippen molar-refractivity contribution >= 4 is 28.3 Å². The molecule has 0 radical (unpaired) electrons. The number of para-hydroxylation sites is 2. The van der Waals surface area contributed by atoms with E-state index in [1.165, 1.54) is 5.69 Å². The van der Waals surface area contributed by atoms with E-state index in [0.717, 1.165) is 36.4 Å². The fourth-order valence-corrected chi connectivity index (χ4v) is 3.69. The van der Waals surface area contributed by atoms with Crippen LogP contribution in [0.15, 0.2) is 48.5 Å². The number of carbonyl (C=O) groups excluding carboxylic acids is 1. The Kier molecular flexibility index (Phi) is 4.43. The van der Waals surface area contributed by atoms with Crippen molar-refractivity contribution in [3.05, 3.63) is 48.5 Å². The second-order valence-electron chi connectivity index (χ2n) is 6.60. The Morgan fingerprint density at radius 1 is 1.12 bits per heavy atom. The lowest BCUT2D eigenvalue weighted by atomic mass is 10.0. The van der Waals surface area contributed by atoms with Crippen molar-refractivity contribution in [1.82, 2.24) is 15.4 Å². The van der Waals surface area contributed by atoms with Gasteiger partial charge in [-0.15, -0.1) is 0 Å². The van der Waals surface area contributed by atoms with E-state index in [4.69, 9.17) is 5.73 Å². The van der Waals surface area contributed by atoms with Gasteiger partial charge < -0.3 is 15.5 Å². The van der Waals surface area contributed by atoms with Crippen molar-refractivity contribution in [2.45, 2.75) is 18.9 Å². The maximum absolute atomic E-state index is 11.4. The highest BCUT2D eigenvalue weighted by molar-refractivity contribution is 5.88. The number of aromatic nitrogens is 3. The first-order chi connectivity index (χ1) is 12.7. The molecule has 0 saturated carbocycles. The van der Waals surface area contributed by atoms with Crippen molar-refractivity contribution in [1.29, 1.82) is 0 Å². The fourth-order valence-electron chi connectivity index (χ4n) is 3.69. The van der Waals surface area contributed by atoms with Crippen LogP contribution < -0.4 is 15.5 Å². The molecule has 7 nitrogen and oxygen atoms in total. The maximum atomic E-state index is 11.4. The van der Waals surface area contributed by atoms with Crippen LogP contribution in [0, 0.1) is 0 Å². The number of primary amides is 1. The van der Waals surface area contributed by atoms with Gasteiger partial charge in [0.1, 0.15) is 11.0 Å². The van der Waals surface area contributed by atoms with Gasteiger partial charge in [0.05, 0.1) is 5.69 Å². The molecule has 1 atom stereocenters. The lowest BCUT2D eigenvalue weighted by molar-refractivity contribution is -0.118. The summed E-state index contributed by atoms with van der Waals surface area (Å²) in [5, 5.41) is 11.2. The number of aromatic amines is 1. The molecule has 1 aliphatic heterocycles. The second-order valence-corrected chi connectivity index (χ2v) is 6.60. The molecule has 1 aromatic heterocycles. The average molecular weight is 350 g/mol. The van der Waals surface area contributed by atoms with Crippen molar-refractivity contribution in [3.8, 4) is 0 Å². The molecule has 0 spiro atoms. The zero-order valence-electron chi connectivity index (χ0n) is 14.5. The minimum atomic E-state index is -0.263. The minimum Gasteiger partial charge on any atom is -0.370 e. The number of hydrogen-bond donors (Lipinski definition) is 2. The van der Waals surface area contributed by atoms with Crippen LogP contribution in [0.3, 0.4) is 0 Å². The topological polar surface area (TPSA) is 91.1 Å². The second kappa shape index (κ2) is 7.03. The first-order valence-corrected chi connectivity index (χ1v) is 8.87. The molecule has 3 N–H and O–H groups in total. The molecule has 1 aliphatic rings. The third-order valence-electron chi connectivity index (χ3n) is 4.96. The Morgan fingerprint density at radius 2 is 1.96 bits per heavy atom. The number of nitrogens with two attached hydrogens (primary N) is 1. The lowest BCUT2D eigenvalue weighted by Gasteiger charge is -2.43. The van der Waals surface area contributed by atoms with Gasteiger partial charge in [0, 0.05) is 37.8 Å². The molecular formula is C19H22N6O. The number of benzene rings is 2. The number of hydrogen-bond acceptors (Lipinski definition) is 5. The van der Waals surface area contributed by atoms with Gasteiger partial charge in [0.15, 0.2) is 0 Å². The van der Waals surface area contributed by atoms with Crippen molar-refractivity contribution in [2.24, 2.45) is 5.73 Å². The summed E-state index contributed by atoms with van der Waals surface area (Å²) in [6.07, 6.45) is 1.09. The summed E-state index contributed by atoms with van der Waals surface area (Å²) >= 11 is 0. The average Bonchev–Trinajstić information content (AvgIpc) is 3.16. The van der Waals surface area contributed by atoms with Gasteiger partial charge in [-0.3, -0.25) is 4.79 Å². The Hall–Kier alpha value is -3.09. The zero-order valence-corrected chi connectivity index (χ0v) is 14.5. The van der Waals surface area contributed by atoms with Gasteiger partial charge in [0.25, 0.3) is 0 Å². The summed E-state index contributed by atoms with van der Waals surface area (Å²) in [6, 6.07) is 16.6. The zero-order chi connectivity index (χ0) is 17.9. The molecule has 1 amide bonds. The molecule has 1 saturated heterocycles. The highest BCUT2D eigenvalue weighted by Gasteiger charge is 2.29. The Balaban J connectivity index is 1.63. The quantitative estimate of drug-likeness (QED) is 0.733. The first-order valence-electron chi connectivity index (χ1n) is 8.87. The van der Waals surface area contributed by atoms with E-state index < -0.39 is 0 Å². The highest BCUT2D eigenvalue weighted by atomic mass is 16.1. The van der Waals surface area contributed by atoms with E-state index in [1.807, 2.05) is 18.2 Å². The largest absolute Gasteiger partial charge is 0.370 e. The Morgan fingerprint density at radius 3 is 2.77 bits per heavy atom. The molecule has 7 heteroatoms. The Bertz CT molecular complexity index is 893. The molecule has 3 aromatic rings. The third-order valence-corrected chi connectivity index (χ3v) is 4.96. The number of H-pyrrole nitrogens is 1. The molecule has 0 aliphatic carbocycles. The Labute approximate surface area is 151 Å². The summed E-state index contributed by atoms with van der Waals surface area (Å²) in [5.74, 6) is -0.263. The number of anilines is 2. The number of piperazine rings is 1. The van der Waals surface area contributed by atoms with E-state index in [1.54, 1.807) is 0 Å². The summed E-state index contributed by atoms with van der Waals surface area (Å²) in [5.41, 5.74) is 9.39. The van der Waals surface area contributed by atoms with Gasteiger partial charge in [-0.2, -0.15) is 15.4 Å². The normalized spacial score (nSPS) is 17.6. The summed E-state index contributed by atoms with van der Waals surface area (Å²) < 4.78 is 0. The summed E-state index contributed by atoms with van der Waals surface area (Å²) in [7, 11) is 0. The summed E-state index contributed by atoms with van der Waals surface area (Å²) in [6.45, 7) is 2.60. The molecule has 2 aromatic carbocycles. The van der Waals surface area contributed by atoms with E-state index in [0.29, 0.717) is 12.8 Å². The minimum absolute atomic E-state index is 0.179. The molecule has 0 bridgehead atoms. The first kappa shape index (κ1) is 16.4. The molecule has 26 heavy (non-hydrogen) atoms. The fraction of sp³-hybridized carbons (Fsp3) is 0.316. The highest BCUT2D eigenvalue weighted by Crippen LogP contribution is 2.30. The van der Waals surface area contributed by atoms with Gasteiger partial charge in [-0.05, 0) is 30.7 Å². The molecular weight excluding hydrogens is 328 g/mol. The van der Waals surface area contributed by atoms with Crippen LogP contribution in [0.5, 0.6) is 0 Å². The molecule has 134 valence electrons. The number of nitrogens with one attached hydrogen (secondary N) is 1. The van der Waals surface area contributed by atoms with Gasteiger partial charge in [-0.25, -0.2) is 0 Å². The smallest absolute Gasteiger partial charge is 0.217 e. The van der Waals surface area contributed by atoms with Gasteiger partial charge in [-0.1, -0.05) is 24.3 Å². The molecule has 1 fully saturated rings. The van der Waals surface area contributed by atoms with Crippen LogP contribution >= 0.6 is 0 Å². The van der Waals surface area contributed by atoms with Crippen molar-refractivity contribution in [3.63, 3.8) is 0 Å². The van der Waals surface area contributed by atoms with Crippen LogP contribution in [0.4, 0.5) is 11.4 Å². The molecule has 4 rings (SSSR count). The SMILES string of the molecule is NC(=O)CCC1CN(c2ccccc2)CCN1c1cccc2n[nH]nc12. The van der Waals surface area contributed by atoms with Crippen LogP contribution in [0.25, 0.3) is 11.0 Å². The van der Waals surface area contributed by atoms with Crippen LogP contribution in [0.1, 0.15) is 12.8 Å². The number of rotatable bonds is 5. The van der Waals surface area contributed by atoms with Gasteiger partial charge >= 0.3 is 0 Å². The van der Waals surface area contributed by atoms with Crippen LogP contribution in [-0.2, 0) is 4.79 Å². The van der Waals surface area contributed by atoms with Crippen LogP contribution in [0.2, 0.25) is 0 Å². The van der Waals surface area contributed by atoms with E-state index in [9.17, 15) is 4.79 Å². The number of nitrogens with zero attached hydrogens (tertiary/aromatic N) is 4. The number of fused-ring (bicyclic) bond motifs is 1. The number of amides is 1. The predicted octanol–water partition coefficient (Wildman–Crippen LogP) is 1.92. The van der Waals surface area contributed by atoms with Crippen molar-refractivity contribution in [2.75, 3.05) is 29.4 Å². The summed E-state index contributed by atoms with van der Waals surface area (Å²) in [4.78, 5) is 16.1. The molecule has 1 unspecified atom stereocenters. The predicted molar refractivity (Wildman–Crippen MR) is 102 cm³/mol. The number of carbonyl (C=O) groups is 1. The maximum Gasteiger partial charge on any atom is 0.217 e. The monoisotopic (exact) mass is 350 g/mol. The van der Waals surface area contributed by atoms with Gasteiger partial charge in [0.2, 0.25) is 5.91 Å². The van der Waals surface area contributed by atoms with E-state index >= 15 is 0 Å². The lowest BCUT2D eigenvalue weighted by Crippen LogP contribution is -2.53. The van der Waals surface area contributed by atoms with E-state index in [2.05, 4.69) is 55.5 Å².